The third-order valence-corrected chi connectivity index (χ3v) is 7.28. The van der Waals surface area contributed by atoms with Crippen LogP contribution in [0.25, 0.3) is 10.2 Å². The van der Waals surface area contributed by atoms with E-state index in [0.717, 1.165) is 20.8 Å². The first-order valence-electron chi connectivity index (χ1n) is 9.54. The van der Waals surface area contributed by atoms with Crippen molar-refractivity contribution >= 4 is 43.3 Å². The zero-order chi connectivity index (χ0) is 21.8. The highest BCUT2D eigenvalue weighted by Gasteiger charge is 2.27. The zero-order valence-electron chi connectivity index (χ0n) is 16.7. The lowest BCUT2D eigenvalue weighted by Crippen LogP contribution is -2.37. The Balaban J connectivity index is 1.65. The lowest BCUT2D eigenvalue weighted by molar-refractivity contribution is -0.116. The van der Waals surface area contributed by atoms with Crippen LogP contribution in [0.4, 0.5) is 5.82 Å². The number of benzene rings is 2. The van der Waals surface area contributed by atoms with Crippen molar-refractivity contribution < 1.29 is 13.2 Å². The Hall–Kier alpha value is -3.14. The zero-order valence-corrected chi connectivity index (χ0v) is 18.4. The first-order valence-corrected chi connectivity index (χ1v) is 11.8. The first kappa shape index (κ1) is 21.1. The third-order valence-electron chi connectivity index (χ3n) is 4.56. The van der Waals surface area contributed by atoms with Crippen LogP contribution in [-0.4, -0.2) is 35.1 Å². The highest BCUT2D eigenvalue weighted by atomic mass is 32.2. The SMILES string of the molecule is Cc1nc2ccc(S(=O)(=O)N(CC(=O)Nc3ccccn3)Cc3ccccc3)cc2s1. The predicted octanol–water partition coefficient (Wildman–Crippen LogP) is 3.83. The van der Waals surface area contributed by atoms with Crippen LogP contribution >= 0.6 is 11.3 Å². The van der Waals surface area contributed by atoms with Gasteiger partial charge in [0, 0.05) is 12.7 Å². The van der Waals surface area contributed by atoms with E-state index in [1.54, 1.807) is 36.5 Å². The molecule has 0 saturated carbocycles. The van der Waals surface area contributed by atoms with Crippen molar-refractivity contribution in [2.45, 2.75) is 18.4 Å². The molecule has 0 aliphatic heterocycles. The molecule has 2 aromatic heterocycles. The highest BCUT2D eigenvalue weighted by molar-refractivity contribution is 7.89. The summed E-state index contributed by atoms with van der Waals surface area (Å²) < 4.78 is 28.9. The number of nitrogens with zero attached hydrogens (tertiary/aromatic N) is 3. The van der Waals surface area contributed by atoms with Crippen LogP contribution in [0.15, 0.2) is 77.8 Å². The Morgan fingerprint density at radius 2 is 1.84 bits per heavy atom. The molecule has 158 valence electrons. The van der Waals surface area contributed by atoms with Crippen LogP contribution in [0.3, 0.4) is 0 Å². The summed E-state index contributed by atoms with van der Waals surface area (Å²) in [7, 11) is -3.94. The largest absolute Gasteiger partial charge is 0.310 e. The molecule has 0 fully saturated rings. The number of amides is 1. The number of anilines is 1. The van der Waals surface area contributed by atoms with Gasteiger partial charge in [0.2, 0.25) is 15.9 Å². The van der Waals surface area contributed by atoms with Gasteiger partial charge in [-0.25, -0.2) is 18.4 Å². The summed E-state index contributed by atoms with van der Waals surface area (Å²) in [6.45, 7) is 1.61. The van der Waals surface area contributed by atoms with Gasteiger partial charge in [0.15, 0.2) is 0 Å². The van der Waals surface area contributed by atoms with E-state index in [1.165, 1.54) is 21.7 Å². The van der Waals surface area contributed by atoms with Crippen LogP contribution in [0, 0.1) is 6.92 Å². The topological polar surface area (TPSA) is 92.3 Å². The molecule has 4 rings (SSSR count). The predicted molar refractivity (Wildman–Crippen MR) is 121 cm³/mol. The van der Waals surface area contributed by atoms with E-state index in [0.29, 0.717) is 5.82 Å². The minimum Gasteiger partial charge on any atom is -0.310 e. The Bertz CT molecular complexity index is 1310. The molecule has 2 aromatic carbocycles. The van der Waals surface area contributed by atoms with Gasteiger partial charge in [-0.2, -0.15) is 4.31 Å². The molecule has 0 aliphatic rings. The van der Waals surface area contributed by atoms with Gasteiger partial charge in [-0.1, -0.05) is 36.4 Å². The number of fused-ring (bicyclic) bond motifs is 1. The molecule has 9 heteroatoms. The Morgan fingerprint density at radius 3 is 2.58 bits per heavy atom. The maximum atomic E-state index is 13.5. The quantitative estimate of drug-likeness (QED) is 0.460. The molecule has 0 aliphatic carbocycles. The van der Waals surface area contributed by atoms with E-state index in [9.17, 15) is 13.2 Å². The molecule has 7 nitrogen and oxygen atoms in total. The number of hydrogen-bond acceptors (Lipinski definition) is 6. The summed E-state index contributed by atoms with van der Waals surface area (Å²) in [5, 5.41) is 3.51. The van der Waals surface area contributed by atoms with Gasteiger partial charge in [-0.15, -0.1) is 11.3 Å². The molecule has 0 spiro atoms. The maximum absolute atomic E-state index is 13.5. The average molecular weight is 453 g/mol. The van der Waals surface area contributed by atoms with Crippen LogP contribution in [0.5, 0.6) is 0 Å². The van der Waals surface area contributed by atoms with Crippen LogP contribution < -0.4 is 5.32 Å². The van der Waals surface area contributed by atoms with Crippen molar-refractivity contribution in [3.05, 3.63) is 83.5 Å². The van der Waals surface area contributed by atoms with Crippen LogP contribution in [-0.2, 0) is 21.4 Å². The normalized spacial score (nSPS) is 11.7. The second-order valence-corrected chi connectivity index (χ2v) is 10.1. The number of thiazole rings is 1. The Morgan fingerprint density at radius 1 is 1.06 bits per heavy atom. The molecule has 0 atom stereocenters. The van der Waals surface area contributed by atoms with E-state index in [1.807, 2.05) is 37.3 Å². The molecule has 2 heterocycles. The van der Waals surface area contributed by atoms with Crippen molar-refractivity contribution in [1.82, 2.24) is 14.3 Å². The number of carbonyl (C=O) groups is 1. The van der Waals surface area contributed by atoms with Gasteiger partial charge in [0.05, 0.1) is 26.7 Å². The average Bonchev–Trinajstić information content (AvgIpc) is 3.14. The summed E-state index contributed by atoms with van der Waals surface area (Å²) in [4.78, 5) is 21.2. The lowest BCUT2D eigenvalue weighted by Gasteiger charge is -2.22. The van der Waals surface area contributed by atoms with Gasteiger partial charge >= 0.3 is 0 Å². The molecule has 0 saturated heterocycles. The smallest absolute Gasteiger partial charge is 0.243 e. The molecule has 31 heavy (non-hydrogen) atoms. The number of rotatable bonds is 7. The van der Waals surface area contributed by atoms with Crippen molar-refractivity contribution in [1.29, 1.82) is 0 Å². The summed E-state index contributed by atoms with van der Waals surface area (Å²) in [5.41, 5.74) is 1.54. The highest BCUT2D eigenvalue weighted by Crippen LogP contribution is 2.27. The van der Waals surface area contributed by atoms with Crippen molar-refractivity contribution in [2.75, 3.05) is 11.9 Å². The van der Waals surface area contributed by atoms with Gasteiger partial charge < -0.3 is 5.32 Å². The standard InChI is InChI=1S/C22H20N4O3S2/c1-16-24-19-11-10-18(13-20(19)30-16)31(28,29)26(14-17-7-3-2-4-8-17)15-22(27)25-21-9-5-6-12-23-21/h2-13H,14-15H2,1H3,(H,23,25,27). The molecular weight excluding hydrogens is 432 g/mol. The molecule has 0 unspecified atom stereocenters. The van der Waals surface area contributed by atoms with Crippen molar-refractivity contribution in [2.24, 2.45) is 0 Å². The third kappa shape index (κ3) is 4.96. The second-order valence-electron chi connectivity index (χ2n) is 6.88. The van der Waals surface area contributed by atoms with Gasteiger partial charge in [-0.05, 0) is 42.8 Å². The fourth-order valence-electron chi connectivity index (χ4n) is 3.12. The van der Waals surface area contributed by atoms with Crippen molar-refractivity contribution in [3.8, 4) is 0 Å². The van der Waals surface area contributed by atoms with Gasteiger partial charge in [0.1, 0.15) is 5.82 Å². The van der Waals surface area contributed by atoms with Gasteiger partial charge in [-0.3, -0.25) is 4.79 Å². The monoisotopic (exact) mass is 452 g/mol. The van der Waals surface area contributed by atoms with E-state index in [-0.39, 0.29) is 18.0 Å². The van der Waals surface area contributed by atoms with Crippen LogP contribution in [0.1, 0.15) is 10.6 Å². The number of hydrogen-bond donors (Lipinski definition) is 1. The molecule has 4 aromatic rings. The summed E-state index contributed by atoms with van der Waals surface area (Å²) in [6.07, 6.45) is 1.56. The number of sulfonamides is 1. The summed E-state index contributed by atoms with van der Waals surface area (Å²) in [6, 6.07) is 19.1. The minimum absolute atomic E-state index is 0.0680. The van der Waals surface area contributed by atoms with E-state index >= 15 is 0 Å². The maximum Gasteiger partial charge on any atom is 0.243 e. The summed E-state index contributed by atoms with van der Waals surface area (Å²) >= 11 is 1.43. The number of aromatic nitrogens is 2. The number of aryl methyl sites for hydroxylation is 1. The minimum atomic E-state index is -3.94. The fourth-order valence-corrected chi connectivity index (χ4v) is 5.47. The molecule has 1 amide bonds. The van der Waals surface area contributed by atoms with Crippen molar-refractivity contribution in [3.63, 3.8) is 0 Å². The van der Waals surface area contributed by atoms with Gasteiger partial charge in [0.25, 0.3) is 0 Å². The van der Waals surface area contributed by atoms with E-state index in [4.69, 9.17) is 0 Å². The fraction of sp³-hybridized carbons (Fsp3) is 0.136. The Labute approximate surface area is 184 Å². The summed E-state index contributed by atoms with van der Waals surface area (Å²) in [5.74, 6) is -0.0981. The first-order chi connectivity index (χ1) is 14.9. The molecule has 0 radical (unpaired) electrons. The van der Waals surface area contributed by atoms with E-state index in [2.05, 4.69) is 15.3 Å². The Kier molecular flexibility index (Phi) is 6.08. The number of pyridine rings is 1. The molecule has 0 bridgehead atoms. The lowest BCUT2D eigenvalue weighted by atomic mass is 10.2. The molecular formula is C22H20N4O3S2. The van der Waals surface area contributed by atoms with E-state index < -0.39 is 15.9 Å². The number of nitrogens with one attached hydrogen (secondary N) is 1. The van der Waals surface area contributed by atoms with Crippen LogP contribution in [0.2, 0.25) is 0 Å². The number of carbonyl (C=O) groups excluding carboxylic acids is 1. The second kappa shape index (κ2) is 8.93. The molecule has 1 N–H and O–H groups in total.